The molecule has 1 aliphatic heterocycles. The Kier molecular flexibility index (Phi) is 6.86. The first-order chi connectivity index (χ1) is 15.3. The monoisotopic (exact) mass is 491 g/mol. The predicted molar refractivity (Wildman–Crippen MR) is 129 cm³/mol. The molecule has 0 saturated carbocycles. The zero-order chi connectivity index (χ0) is 22.9. The van der Waals surface area contributed by atoms with Crippen molar-refractivity contribution in [1.82, 2.24) is 14.2 Å². The molecule has 2 aromatic carbocycles. The van der Waals surface area contributed by atoms with Crippen LogP contribution >= 0.6 is 22.9 Å². The molecule has 0 unspecified atom stereocenters. The number of halogens is 1. The third-order valence-electron chi connectivity index (χ3n) is 5.95. The maximum Gasteiger partial charge on any atom is 0.255 e. The molecule has 0 N–H and O–H groups in total. The van der Waals surface area contributed by atoms with E-state index in [4.69, 9.17) is 16.6 Å². The predicted octanol–water partition coefficient (Wildman–Crippen LogP) is 5.00. The molecule has 6 nitrogen and oxygen atoms in total. The largest absolute Gasteiger partial charge is 0.339 e. The minimum absolute atomic E-state index is 0.0957. The van der Waals surface area contributed by atoms with Gasteiger partial charge in [0.15, 0.2) is 0 Å². The summed E-state index contributed by atoms with van der Waals surface area (Å²) in [6, 6.07) is 12.5. The van der Waals surface area contributed by atoms with Crippen LogP contribution in [-0.2, 0) is 10.0 Å². The number of nitrogens with zero attached hydrogens (tertiary/aromatic N) is 3. The molecule has 9 heteroatoms. The lowest BCUT2D eigenvalue weighted by Gasteiger charge is -2.31. The van der Waals surface area contributed by atoms with Crippen LogP contribution in [0.2, 0.25) is 5.02 Å². The quantitative estimate of drug-likeness (QED) is 0.486. The molecule has 32 heavy (non-hydrogen) atoms. The van der Waals surface area contributed by atoms with E-state index in [0.29, 0.717) is 32.1 Å². The number of para-hydroxylation sites is 1. The molecule has 1 aromatic heterocycles. The molecule has 0 atom stereocenters. The number of hydrogen-bond donors (Lipinski definition) is 0. The van der Waals surface area contributed by atoms with Crippen molar-refractivity contribution >= 4 is 49.1 Å². The van der Waals surface area contributed by atoms with Crippen molar-refractivity contribution in [2.45, 2.75) is 37.5 Å². The molecular weight excluding hydrogens is 466 g/mol. The molecule has 0 aliphatic carbocycles. The Morgan fingerprint density at radius 1 is 1.16 bits per heavy atom. The normalized spacial score (nSPS) is 15.6. The number of benzene rings is 2. The number of sulfonamides is 1. The Morgan fingerprint density at radius 3 is 2.50 bits per heavy atom. The first-order valence-corrected chi connectivity index (χ1v) is 13.4. The summed E-state index contributed by atoms with van der Waals surface area (Å²) in [5.41, 5.74) is 1.25. The van der Waals surface area contributed by atoms with Gasteiger partial charge in [0.25, 0.3) is 5.91 Å². The SMILES string of the molecule is CCN(CC)S(=O)(=O)c1ccc(Cl)c(C(=O)N2CCC(c3nc4ccccc4s3)CC2)c1. The van der Waals surface area contributed by atoms with Crippen LogP contribution in [0.4, 0.5) is 0 Å². The minimum Gasteiger partial charge on any atom is -0.339 e. The van der Waals surface area contributed by atoms with E-state index in [-0.39, 0.29) is 21.4 Å². The fourth-order valence-corrected chi connectivity index (χ4v) is 6.93. The van der Waals surface area contributed by atoms with Crippen molar-refractivity contribution in [3.05, 3.63) is 58.1 Å². The number of aromatic nitrogens is 1. The molecule has 4 rings (SSSR count). The van der Waals surface area contributed by atoms with Gasteiger partial charge in [-0.3, -0.25) is 4.79 Å². The van der Waals surface area contributed by atoms with E-state index in [0.717, 1.165) is 23.4 Å². The van der Waals surface area contributed by atoms with E-state index in [2.05, 4.69) is 6.07 Å². The number of rotatable bonds is 6. The second-order valence-electron chi connectivity index (χ2n) is 7.82. The Balaban J connectivity index is 1.50. The van der Waals surface area contributed by atoms with Gasteiger partial charge in [0.2, 0.25) is 10.0 Å². The van der Waals surface area contributed by atoms with Crippen LogP contribution in [0.3, 0.4) is 0 Å². The van der Waals surface area contributed by atoms with Gasteiger partial charge < -0.3 is 4.90 Å². The summed E-state index contributed by atoms with van der Waals surface area (Å²) in [6.07, 6.45) is 1.64. The number of amides is 1. The highest BCUT2D eigenvalue weighted by molar-refractivity contribution is 7.89. The topological polar surface area (TPSA) is 70.6 Å². The molecule has 1 saturated heterocycles. The van der Waals surface area contributed by atoms with Crippen molar-refractivity contribution in [2.24, 2.45) is 0 Å². The summed E-state index contributed by atoms with van der Waals surface area (Å²) in [4.78, 5) is 19.8. The van der Waals surface area contributed by atoms with Gasteiger partial charge in [0.05, 0.1) is 30.7 Å². The Bertz CT molecular complexity index is 1200. The average molecular weight is 492 g/mol. The van der Waals surface area contributed by atoms with Gasteiger partial charge in [0, 0.05) is 32.1 Å². The molecule has 0 spiro atoms. The third kappa shape index (κ3) is 4.41. The summed E-state index contributed by atoms with van der Waals surface area (Å²) in [5, 5.41) is 1.38. The third-order valence-corrected chi connectivity index (χ3v) is 9.53. The van der Waals surface area contributed by atoms with Crippen LogP contribution in [-0.4, -0.2) is 54.7 Å². The summed E-state index contributed by atoms with van der Waals surface area (Å²) < 4.78 is 28.3. The Hall–Kier alpha value is -2.00. The summed E-state index contributed by atoms with van der Waals surface area (Å²) in [5.74, 6) is 0.0932. The van der Waals surface area contributed by atoms with Crippen LogP contribution in [0.25, 0.3) is 10.2 Å². The van der Waals surface area contributed by atoms with Gasteiger partial charge in [-0.1, -0.05) is 37.6 Å². The first-order valence-electron chi connectivity index (χ1n) is 10.8. The molecule has 2 heterocycles. The molecular formula is C23H26ClN3O3S2. The summed E-state index contributed by atoms with van der Waals surface area (Å²) >= 11 is 8.03. The number of thiazole rings is 1. The summed E-state index contributed by atoms with van der Waals surface area (Å²) in [6.45, 7) is 5.48. The standard InChI is InChI=1S/C23H26ClN3O3S2/c1-3-27(4-2)32(29,30)17-9-10-19(24)18(15-17)23(28)26-13-11-16(12-14-26)22-25-20-7-5-6-8-21(20)31-22/h5-10,15-16H,3-4,11-14H2,1-2H3. The smallest absolute Gasteiger partial charge is 0.255 e. The lowest BCUT2D eigenvalue weighted by atomic mass is 9.97. The van der Waals surface area contributed by atoms with Gasteiger partial charge >= 0.3 is 0 Å². The zero-order valence-electron chi connectivity index (χ0n) is 18.1. The number of piperidine rings is 1. The molecule has 3 aromatic rings. The molecule has 0 radical (unpaired) electrons. The maximum absolute atomic E-state index is 13.2. The number of hydrogen-bond acceptors (Lipinski definition) is 5. The van der Waals surface area contributed by atoms with Crippen molar-refractivity contribution < 1.29 is 13.2 Å². The second-order valence-corrected chi connectivity index (χ2v) is 11.2. The molecule has 0 bridgehead atoms. The summed E-state index contributed by atoms with van der Waals surface area (Å²) in [7, 11) is -3.67. The van der Waals surface area contributed by atoms with Gasteiger partial charge in [-0.25, -0.2) is 13.4 Å². The Labute approximate surface area is 197 Å². The number of likely N-dealkylation sites (tertiary alicyclic amines) is 1. The van der Waals surface area contributed by atoms with Crippen LogP contribution in [0.1, 0.15) is 48.0 Å². The van der Waals surface area contributed by atoms with E-state index in [1.165, 1.54) is 27.2 Å². The van der Waals surface area contributed by atoms with Crippen molar-refractivity contribution in [3.63, 3.8) is 0 Å². The fourth-order valence-electron chi connectivity index (χ4n) is 4.11. The Morgan fingerprint density at radius 2 is 1.84 bits per heavy atom. The van der Waals surface area contributed by atoms with E-state index in [1.807, 2.05) is 18.2 Å². The molecule has 170 valence electrons. The van der Waals surface area contributed by atoms with E-state index in [1.54, 1.807) is 30.1 Å². The van der Waals surface area contributed by atoms with Gasteiger partial charge in [-0.05, 0) is 43.2 Å². The van der Waals surface area contributed by atoms with E-state index < -0.39 is 10.0 Å². The highest BCUT2D eigenvalue weighted by atomic mass is 35.5. The highest BCUT2D eigenvalue weighted by Crippen LogP contribution is 2.34. The highest BCUT2D eigenvalue weighted by Gasteiger charge is 2.29. The van der Waals surface area contributed by atoms with Crippen molar-refractivity contribution in [2.75, 3.05) is 26.2 Å². The van der Waals surface area contributed by atoms with Crippen molar-refractivity contribution in [1.29, 1.82) is 0 Å². The van der Waals surface area contributed by atoms with Gasteiger partial charge in [-0.15, -0.1) is 11.3 Å². The zero-order valence-corrected chi connectivity index (χ0v) is 20.5. The van der Waals surface area contributed by atoms with Gasteiger partial charge in [0.1, 0.15) is 0 Å². The minimum atomic E-state index is -3.67. The van der Waals surface area contributed by atoms with E-state index in [9.17, 15) is 13.2 Å². The lowest BCUT2D eigenvalue weighted by Crippen LogP contribution is -2.38. The maximum atomic E-state index is 13.2. The van der Waals surface area contributed by atoms with Crippen LogP contribution < -0.4 is 0 Å². The van der Waals surface area contributed by atoms with Gasteiger partial charge in [-0.2, -0.15) is 4.31 Å². The van der Waals surface area contributed by atoms with Crippen LogP contribution in [0, 0.1) is 0 Å². The lowest BCUT2D eigenvalue weighted by molar-refractivity contribution is 0.0713. The number of fused-ring (bicyclic) bond motifs is 1. The number of carbonyl (C=O) groups excluding carboxylic acids is 1. The molecule has 1 aliphatic rings. The van der Waals surface area contributed by atoms with Crippen LogP contribution in [0.15, 0.2) is 47.4 Å². The van der Waals surface area contributed by atoms with E-state index >= 15 is 0 Å². The average Bonchev–Trinajstić information content (AvgIpc) is 3.24. The first kappa shape index (κ1) is 23.2. The molecule has 1 amide bonds. The fraction of sp³-hybridized carbons (Fsp3) is 0.391. The second kappa shape index (κ2) is 9.47. The molecule has 1 fully saturated rings. The van der Waals surface area contributed by atoms with Crippen molar-refractivity contribution in [3.8, 4) is 0 Å². The van der Waals surface area contributed by atoms with Crippen LogP contribution in [0.5, 0.6) is 0 Å². The number of carbonyl (C=O) groups is 1.